The van der Waals surface area contributed by atoms with Gasteiger partial charge in [-0.05, 0) is 24.0 Å². The number of hydrogen-bond acceptors (Lipinski definition) is 4. The Morgan fingerprint density at radius 3 is 2.06 bits per heavy atom. The van der Waals surface area contributed by atoms with Crippen LogP contribution < -0.4 is 9.42 Å². The molecule has 1 unspecified atom stereocenters. The van der Waals surface area contributed by atoms with Gasteiger partial charge in [-0.3, -0.25) is 0 Å². The van der Waals surface area contributed by atoms with E-state index in [1.807, 2.05) is 32.0 Å². The molecule has 1 aromatic carbocycles. The SMILES string of the molecule is CCc1cccc(CC)c1OP([O-])(=S)[S-].[SnH2+2]. The van der Waals surface area contributed by atoms with Crippen LogP contribution in [0.1, 0.15) is 25.0 Å². The Morgan fingerprint density at radius 2 is 1.75 bits per heavy atom. The Bertz CT molecular complexity index is 370. The van der Waals surface area contributed by atoms with Gasteiger partial charge < -0.3 is 21.7 Å². The second-order valence-corrected chi connectivity index (χ2v) is 7.81. The average molecular weight is 381 g/mol. The molecule has 16 heavy (non-hydrogen) atoms. The van der Waals surface area contributed by atoms with Crippen LogP contribution in [0, 0.1) is 0 Å². The van der Waals surface area contributed by atoms with E-state index in [9.17, 15) is 4.89 Å². The summed E-state index contributed by atoms with van der Waals surface area (Å²) in [5.41, 5.74) is -1.29. The van der Waals surface area contributed by atoms with Crippen LogP contribution in [0.4, 0.5) is 0 Å². The molecular formula is C10H15O2PS2Sn. The van der Waals surface area contributed by atoms with Crippen LogP contribution in [-0.2, 0) is 36.9 Å². The molecule has 0 radical (unpaired) electrons. The molecule has 0 bridgehead atoms. The fourth-order valence-electron chi connectivity index (χ4n) is 1.42. The third-order valence-electron chi connectivity index (χ3n) is 2.14. The van der Waals surface area contributed by atoms with Crippen LogP contribution in [0.2, 0.25) is 0 Å². The number of rotatable bonds is 4. The zero-order chi connectivity index (χ0) is 11.5. The molecule has 0 saturated carbocycles. The van der Waals surface area contributed by atoms with Crippen molar-refractivity contribution in [2.75, 3.05) is 0 Å². The standard InChI is InChI=1S/C10H15O2PS2.Sn.2H/c1-3-8-6-5-7-9(4-2)10(8)12-13(11,14)15;;;/h5-7H,3-4H2,1-2H3,(H2,11,14,15);;;/q;+2;;/p-2. The van der Waals surface area contributed by atoms with Gasteiger partial charge in [0.2, 0.25) is 0 Å². The van der Waals surface area contributed by atoms with E-state index in [0.29, 0.717) is 5.75 Å². The first-order valence-corrected chi connectivity index (χ1v) is 8.45. The van der Waals surface area contributed by atoms with E-state index in [1.165, 1.54) is 0 Å². The molecule has 1 atom stereocenters. The first-order valence-electron chi connectivity index (χ1n) is 4.80. The summed E-state index contributed by atoms with van der Waals surface area (Å²) in [6.45, 7) is 4.03. The molecule has 0 aliphatic carbocycles. The van der Waals surface area contributed by atoms with Gasteiger partial charge in [0.15, 0.2) is 0 Å². The first-order chi connectivity index (χ1) is 6.98. The van der Waals surface area contributed by atoms with Crippen molar-refractivity contribution in [3.8, 4) is 5.75 Å². The molecule has 1 aromatic rings. The van der Waals surface area contributed by atoms with Gasteiger partial charge in [0.25, 0.3) is 0 Å². The summed E-state index contributed by atoms with van der Waals surface area (Å²) in [4.78, 5) is 11.3. The molecule has 0 N–H and O–H groups in total. The molecule has 0 aromatic heterocycles. The van der Waals surface area contributed by atoms with Crippen LogP contribution in [0.5, 0.6) is 5.75 Å². The molecule has 0 fully saturated rings. The van der Waals surface area contributed by atoms with Crippen LogP contribution in [0.25, 0.3) is 0 Å². The van der Waals surface area contributed by atoms with Crippen molar-refractivity contribution in [2.45, 2.75) is 26.7 Å². The van der Waals surface area contributed by atoms with E-state index in [-0.39, 0.29) is 23.9 Å². The van der Waals surface area contributed by atoms with Crippen molar-refractivity contribution < 1.29 is 9.42 Å². The molecule has 0 spiro atoms. The van der Waals surface area contributed by atoms with Crippen molar-refractivity contribution >= 4 is 53.7 Å². The zero-order valence-electron chi connectivity index (χ0n) is 9.43. The Morgan fingerprint density at radius 1 is 1.31 bits per heavy atom. The van der Waals surface area contributed by atoms with Crippen molar-refractivity contribution in [3.05, 3.63) is 29.3 Å². The maximum absolute atomic E-state index is 11.3. The Labute approximate surface area is 124 Å². The Kier molecular flexibility index (Phi) is 7.62. The second-order valence-electron chi connectivity index (χ2n) is 3.15. The molecule has 0 saturated heterocycles. The Balaban J connectivity index is 0.00000225. The van der Waals surface area contributed by atoms with Gasteiger partial charge in [-0.1, -0.05) is 49.5 Å². The van der Waals surface area contributed by atoms with Crippen LogP contribution in [0.15, 0.2) is 18.2 Å². The normalized spacial score (nSPS) is 13.8. The van der Waals surface area contributed by atoms with Crippen molar-refractivity contribution in [1.29, 1.82) is 0 Å². The van der Waals surface area contributed by atoms with Crippen molar-refractivity contribution in [3.63, 3.8) is 0 Å². The molecule has 2 nitrogen and oxygen atoms in total. The number of para-hydroxylation sites is 1. The molecule has 0 aliphatic heterocycles. The van der Waals surface area contributed by atoms with E-state index >= 15 is 0 Å². The summed E-state index contributed by atoms with van der Waals surface area (Å²) >= 11 is 9.26. The summed E-state index contributed by atoms with van der Waals surface area (Å²) in [6.07, 6.45) is 1.63. The maximum atomic E-state index is 11.3. The average Bonchev–Trinajstić information content (AvgIpc) is 2.16. The quantitative estimate of drug-likeness (QED) is 0.449. The van der Waals surface area contributed by atoms with Crippen molar-refractivity contribution in [1.82, 2.24) is 0 Å². The van der Waals surface area contributed by atoms with Gasteiger partial charge in [-0.15, -0.1) is 0 Å². The van der Waals surface area contributed by atoms with Crippen molar-refractivity contribution in [2.24, 2.45) is 0 Å². The topological polar surface area (TPSA) is 32.3 Å². The predicted octanol–water partition coefficient (Wildman–Crippen LogP) is 1.41. The predicted molar refractivity (Wildman–Crippen MR) is 76.0 cm³/mol. The zero-order valence-corrected chi connectivity index (χ0v) is 16.0. The molecular weight excluding hydrogens is 366 g/mol. The Hall–Kier alpha value is 0.779. The third kappa shape index (κ3) is 4.96. The molecule has 0 heterocycles. The summed E-state index contributed by atoms with van der Waals surface area (Å²) in [5.74, 6) is 0.621. The van der Waals surface area contributed by atoms with E-state index in [1.54, 1.807) is 0 Å². The van der Waals surface area contributed by atoms with E-state index in [2.05, 4.69) is 24.1 Å². The van der Waals surface area contributed by atoms with Gasteiger partial charge in [0.05, 0.1) is 0 Å². The molecule has 88 valence electrons. The molecule has 6 heteroatoms. The van der Waals surface area contributed by atoms with Gasteiger partial charge >= 0.3 is 23.9 Å². The number of hydrogen-bond donors (Lipinski definition) is 0. The molecule has 0 aliphatic rings. The summed E-state index contributed by atoms with van der Waals surface area (Å²) < 4.78 is 5.23. The van der Waals surface area contributed by atoms with E-state index in [0.717, 1.165) is 24.0 Å². The first kappa shape index (κ1) is 16.8. The summed E-state index contributed by atoms with van der Waals surface area (Å²) in [5, 5.41) is 0. The van der Waals surface area contributed by atoms with Crippen LogP contribution in [0.3, 0.4) is 0 Å². The minimum absolute atomic E-state index is 0. The van der Waals surface area contributed by atoms with Gasteiger partial charge in [-0.25, -0.2) is 0 Å². The van der Waals surface area contributed by atoms with Crippen LogP contribution in [-0.4, -0.2) is 23.9 Å². The van der Waals surface area contributed by atoms with Gasteiger partial charge in [0.1, 0.15) is 5.75 Å². The molecule has 0 amide bonds. The van der Waals surface area contributed by atoms with E-state index in [4.69, 9.17) is 4.52 Å². The van der Waals surface area contributed by atoms with Crippen LogP contribution >= 0.6 is 5.69 Å². The van der Waals surface area contributed by atoms with E-state index < -0.39 is 5.69 Å². The molecule has 1 rings (SSSR count). The number of aryl methyl sites for hydroxylation is 2. The second kappa shape index (κ2) is 7.27. The fourth-order valence-corrected chi connectivity index (χ4v) is 2.33. The summed E-state index contributed by atoms with van der Waals surface area (Å²) in [6, 6.07) is 5.84. The summed E-state index contributed by atoms with van der Waals surface area (Å²) in [7, 11) is 0. The van der Waals surface area contributed by atoms with Gasteiger partial charge in [0, 0.05) is 0 Å². The van der Waals surface area contributed by atoms with Gasteiger partial charge in [-0.2, -0.15) is 0 Å². The minimum atomic E-state index is -3.30. The third-order valence-corrected chi connectivity index (χ3v) is 3.00. The monoisotopic (exact) mass is 382 g/mol. The fraction of sp³-hybridized carbons (Fsp3) is 0.400. The number of benzene rings is 1.